The highest BCUT2D eigenvalue weighted by atomic mass is 16.5. The van der Waals surface area contributed by atoms with Gasteiger partial charge in [-0.2, -0.15) is 4.91 Å². The van der Waals surface area contributed by atoms with Crippen LogP contribution in [0.25, 0.3) is 0 Å². The summed E-state index contributed by atoms with van der Waals surface area (Å²) in [6.45, 7) is 9.98. The zero-order valence-electron chi connectivity index (χ0n) is 25.0. The van der Waals surface area contributed by atoms with Crippen molar-refractivity contribution >= 4 is 0 Å². The second kappa shape index (κ2) is 12.2. The van der Waals surface area contributed by atoms with Crippen LogP contribution in [0.4, 0.5) is 0 Å². The van der Waals surface area contributed by atoms with Gasteiger partial charge >= 0.3 is 0 Å². The maximum atomic E-state index is 11.4. The number of aliphatic hydroxyl groups is 1. The van der Waals surface area contributed by atoms with Gasteiger partial charge in [-0.1, -0.05) is 45.0 Å². The number of benzene rings is 1. The molecule has 4 fully saturated rings. The molecule has 0 saturated heterocycles. The Bertz CT molecular complexity index is 966. The van der Waals surface area contributed by atoms with Gasteiger partial charge in [0.05, 0.1) is 18.8 Å². The topological polar surface area (TPSA) is 70.9 Å². The molecule has 218 valence electrons. The molecule has 4 aliphatic rings. The summed E-state index contributed by atoms with van der Waals surface area (Å²) in [6.07, 6.45) is 14.2. The first kappa shape index (κ1) is 29.0. The van der Waals surface area contributed by atoms with Crippen molar-refractivity contribution in [1.82, 2.24) is 5.32 Å². The Morgan fingerprint density at radius 1 is 1.03 bits per heavy atom. The van der Waals surface area contributed by atoms with Gasteiger partial charge in [-0.3, -0.25) is 0 Å². The molecule has 1 aromatic carbocycles. The van der Waals surface area contributed by atoms with Crippen LogP contribution in [0.2, 0.25) is 0 Å². The van der Waals surface area contributed by atoms with Gasteiger partial charge in [0.2, 0.25) is 0 Å². The Labute approximate surface area is 237 Å². The smallest absolute Gasteiger partial charge is 0.119 e. The second-order valence-electron chi connectivity index (χ2n) is 13.9. The average Bonchev–Trinajstić information content (AvgIpc) is 3.29. The third kappa shape index (κ3) is 5.44. The lowest BCUT2D eigenvalue weighted by molar-refractivity contribution is -0.132. The highest BCUT2D eigenvalue weighted by molar-refractivity contribution is 5.30. The molecule has 1 aromatic rings. The summed E-state index contributed by atoms with van der Waals surface area (Å²) in [7, 11) is 0. The van der Waals surface area contributed by atoms with E-state index in [1.807, 2.05) is 0 Å². The molecular formula is C34H54N2O3. The van der Waals surface area contributed by atoms with Crippen LogP contribution in [-0.2, 0) is 0 Å². The number of nitrogens with zero attached hydrogens (tertiary/aromatic N) is 1. The number of nitrogens with one attached hydrogen (secondary N) is 1. The lowest BCUT2D eigenvalue weighted by Crippen LogP contribution is -2.55. The summed E-state index contributed by atoms with van der Waals surface area (Å²) in [4.78, 5) is 11.3. The average molecular weight is 539 g/mol. The van der Waals surface area contributed by atoms with E-state index < -0.39 is 0 Å². The Morgan fingerprint density at radius 2 is 1.85 bits per heavy atom. The Hall–Kier alpha value is -1.46. The Balaban J connectivity index is 1.25. The fraction of sp³-hybridized carbons (Fsp3) is 0.824. The lowest BCUT2D eigenvalue weighted by Gasteiger charge is -2.61. The summed E-state index contributed by atoms with van der Waals surface area (Å²) in [5.41, 5.74) is 1.66. The number of ether oxygens (including phenoxy) is 1. The van der Waals surface area contributed by atoms with Gasteiger partial charge in [-0.05, 0) is 130 Å². The Kier molecular flexibility index (Phi) is 9.08. The van der Waals surface area contributed by atoms with E-state index in [-0.39, 0.29) is 17.6 Å². The number of aliphatic hydroxyl groups excluding tert-OH is 1. The van der Waals surface area contributed by atoms with Crippen LogP contribution in [0, 0.1) is 39.4 Å². The van der Waals surface area contributed by atoms with Crippen LogP contribution >= 0.6 is 0 Å². The van der Waals surface area contributed by atoms with E-state index in [4.69, 9.17) is 4.74 Å². The van der Waals surface area contributed by atoms with Crippen molar-refractivity contribution in [3.8, 4) is 5.75 Å². The van der Waals surface area contributed by atoms with Crippen molar-refractivity contribution in [1.29, 1.82) is 0 Å². The van der Waals surface area contributed by atoms with Crippen molar-refractivity contribution in [2.75, 3.05) is 6.61 Å². The van der Waals surface area contributed by atoms with Gasteiger partial charge in [0.1, 0.15) is 5.75 Å². The number of hydrogen-bond donors (Lipinski definition) is 2. The summed E-state index contributed by atoms with van der Waals surface area (Å²) < 4.78 is 6.44. The van der Waals surface area contributed by atoms with Crippen LogP contribution in [-0.4, -0.2) is 29.9 Å². The van der Waals surface area contributed by atoms with E-state index in [0.29, 0.717) is 41.9 Å². The largest absolute Gasteiger partial charge is 0.494 e. The van der Waals surface area contributed by atoms with Gasteiger partial charge in [0, 0.05) is 17.5 Å². The normalized spacial score (nSPS) is 38.5. The molecule has 5 heteroatoms. The Morgan fingerprint density at radius 3 is 2.59 bits per heavy atom. The molecule has 0 radical (unpaired) electrons. The molecule has 0 spiro atoms. The zero-order valence-corrected chi connectivity index (χ0v) is 25.0. The molecule has 0 heterocycles. The monoisotopic (exact) mass is 538 g/mol. The lowest BCUT2D eigenvalue weighted by atomic mass is 9.44. The molecule has 0 amide bonds. The fourth-order valence-electron chi connectivity index (χ4n) is 10.0. The fourth-order valence-corrected chi connectivity index (χ4v) is 10.0. The van der Waals surface area contributed by atoms with Crippen LogP contribution in [0.15, 0.2) is 29.4 Å². The predicted molar refractivity (Wildman–Crippen MR) is 159 cm³/mol. The van der Waals surface area contributed by atoms with Gasteiger partial charge in [-0.25, -0.2) is 0 Å². The highest BCUT2D eigenvalue weighted by Gasteiger charge is 2.61. The molecule has 2 N–H and O–H groups in total. The minimum atomic E-state index is -0.201. The van der Waals surface area contributed by atoms with E-state index in [0.717, 1.165) is 75.9 Å². The SMILES string of the molecule is CCC(CC)NC(CC)c1cccc(OCC[C@]23CCC4C(CCC5CC(N=O)CC[C@@]54C)C2CC[C@@H]3O)c1. The van der Waals surface area contributed by atoms with E-state index in [1.165, 1.54) is 24.8 Å². The van der Waals surface area contributed by atoms with Crippen LogP contribution in [0.1, 0.15) is 123 Å². The molecule has 5 rings (SSSR count). The van der Waals surface area contributed by atoms with E-state index in [2.05, 4.69) is 62.5 Å². The molecule has 0 bridgehead atoms. The van der Waals surface area contributed by atoms with Gasteiger partial charge in [0.25, 0.3) is 0 Å². The standard InChI is InChI=1S/C34H54N2O3/c1-5-25(6-2)35-31(7-3)23-9-8-10-27(21-23)39-20-19-34-18-16-29-28(30(34)13-14-32(34)37)12-11-24-22-26(36-38)15-17-33(24,29)4/h8-10,21,24-26,28-32,35,37H,5-7,11-20,22H2,1-4H3/t24?,26?,28?,29?,30?,31?,32-,33-,34+/m0/s1. The van der Waals surface area contributed by atoms with E-state index >= 15 is 0 Å². The summed E-state index contributed by atoms with van der Waals surface area (Å²) >= 11 is 0. The maximum Gasteiger partial charge on any atom is 0.119 e. The highest BCUT2D eigenvalue weighted by Crippen LogP contribution is 2.67. The number of nitroso groups, excluding NO2 is 1. The third-order valence-corrected chi connectivity index (χ3v) is 12.4. The first-order valence-electron chi connectivity index (χ1n) is 16.4. The molecule has 5 nitrogen and oxygen atoms in total. The molecular weight excluding hydrogens is 484 g/mol. The molecule has 0 aliphatic heterocycles. The van der Waals surface area contributed by atoms with Crippen molar-refractivity contribution in [2.45, 2.75) is 135 Å². The molecule has 4 saturated carbocycles. The van der Waals surface area contributed by atoms with Crippen molar-refractivity contribution in [3.63, 3.8) is 0 Å². The third-order valence-electron chi connectivity index (χ3n) is 12.4. The van der Waals surface area contributed by atoms with Crippen LogP contribution < -0.4 is 10.1 Å². The van der Waals surface area contributed by atoms with Gasteiger partial charge in [0.15, 0.2) is 0 Å². The minimum Gasteiger partial charge on any atom is -0.494 e. The van der Waals surface area contributed by atoms with Crippen LogP contribution in [0.5, 0.6) is 5.75 Å². The first-order valence-corrected chi connectivity index (χ1v) is 16.4. The number of hydrogen-bond acceptors (Lipinski definition) is 5. The van der Waals surface area contributed by atoms with Crippen molar-refractivity contribution < 1.29 is 9.84 Å². The summed E-state index contributed by atoms with van der Waals surface area (Å²) in [6, 6.07) is 9.61. The number of fused-ring (bicyclic) bond motifs is 5. The zero-order chi connectivity index (χ0) is 27.6. The van der Waals surface area contributed by atoms with Crippen molar-refractivity contribution in [2.24, 2.45) is 39.7 Å². The maximum absolute atomic E-state index is 11.4. The molecule has 9 atom stereocenters. The summed E-state index contributed by atoms with van der Waals surface area (Å²) in [5, 5.41) is 18.7. The quantitative estimate of drug-likeness (QED) is 0.279. The van der Waals surface area contributed by atoms with Crippen LogP contribution in [0.3, 0.4) is 0 Å². The molecule has 39 heavy (non-hydrogen) atoms. The molecule has 4 aliphatic carbocycles. The van der Waals surface area contributed by atoms with Gasteiger partial charge < -0.3 is 15.2 Å². The summed E-state index contributed by atoms with van der Waals surface area (Å²) in [5.74, 6) is 3.66. The van der Waals surface area contributed by atoms with E-state index in [1.54, 1.807) is 0 Å². The minimum absolute atomic E-state index is 0.00646. The first-order chi connectivity index (χ1) is 18.9. The predicted octanol–water partition coefficient (Wildman–Crippen LogP) is 8.20. The van der Waals surface area contributed by atoms with Gasteiger partial charge in [-0.15, -0.1) is 0 Å². The molecule has 0 aromatic heterocycles. The van der Waals surface area contributed by atoms with Crippen molar-refractivity contribution in [3.05, 3.63) is 34.7 Å². The van der Waals surface area contributed by atoms with E-state index in [9.17, 15) is 10.0 Å². The molecule has 6 unspecified atom stereocenters. The second-order valence-corrected chi connectivity index (χ2v) is 13.9. The number of rotatable bonds is 11.